The van der Waals surface area contributed by atoms with Crippen molar-refractivity contribution in [3.8, 4) is 0 Å². The van der Waals surface area contributed by atoms with Crippen molar-refractivity contribution in [2.24, 2.45) is 0 Å². The first-order chi connectivity index (χ1) is 12.6. The molecule has 26 heavy (non-hydrogen) atoms. The molecule has 1 fully saturated rings. The smallest absolute Gasteiger partial charge is 0.243 e. The fourth-order valence-corrected chi connectivity index (χ4v) is 5.14. The number of hydrogen-bond donors (Lipinski definition) is 1. The molecule has 2 aromatic rings. The lowest BCUT2D eigenvalue weighted by Crippen LogP contribution is -2.42. The number of nitrogens with zero attached hydrogens (tertiary/aromatic N) is 2. The lowest BCUT2D eigenvalue weighted by Gasteiger charge is -2.28. The van der Waals surface area contributed by atoms with Gasteiger partial charge in [-0.1, -0.05) is 36.4 Å². The lowest BCUT2D eigenvalue weighted by molar-refractivity contribution is 0.233. The van der Waals surface area contributed by atoms with Gasteiger partial charge in [0.1, 0.15) is 0 Å². The second kappa shape index (κ2) is 7.48. The Bertz CT molecular complexity index is 859. The van der Waals surface area contributed by atoms with Crippen LogP contribution >= 0.6 is 0 Å². The molecule has 0 amide bonds. The Morgan fingerprint density at radius 2 is 1.58 bits per heavy atom. The second-order valence-corrected chi connectivity index (χ2v) is 8.97. The van der Waals surface area contributed by atoms with Crippen molar-refractivity contribution in [2.75, 3.05) is 32.7 Å². The van der Waals surface area contributed by atoms with Crippen molar-refractivity contribution in [2.45, 2.75) is 24.4 Å². The molecule has 0 saturated carbocycles. The van der Waals surface area contributed by atoms with Crippen LogP contribution in [0.5, 0.6) is 0 Å². The molecule has 0 aromatic heterocycles. The largest absolute Gasteiger partial charge is 0.314 e. The minimum absolute atomic E-state index is 0.390. The lowest BCUT2D eigenvalue weighted by atomic mass is 10.0. The van der Waals surface area contributed by atoms with E-state index in [2.05, 4.69) is 16.3 Å². The average Bonchev–Trinajstić information content (AvgIpc) is 2.69. The summed E-state index contributed by atoms with van der Waals surface area (Å²) in [6, 6.07) is 15.5. The van der Waals surface area contributed by atoms with E-state index in [9.17, 15) is 8.42 Å². The first-order valence-electron chi connectivity index (χ1n) is 9.22. The van der Waals surface area contributed by atoms with Gasteiger partial charge in [-0.2, -0.15) is 4.31 Å². The van der Waals surface area contributed by atoms with Gasteiger partial charge in [0.05, 0.1) is 4.90 Å². The van der Waals surface area contributed by atoms with Gasteiger partial charge in [-0.25, -0.2) is 8.42 Å². The molecule has 0 atom stereocenters. The van der Waals surface area contributed by atoms with E-state index < -0.39 is 10.0 Å². The van der Waals surface area contributed by atoms with Crippen LogP contribution in [0, 0.1) is 0 Å². The standard InChI is InChI=1S/C20H25N3O2S/c24-26(25,23-12-9-18-3-1-2-4-19(18)16-23)20-7-5-17(6-8-20)15-22-13-10-21-11-14-22/h1-8,21H,9-16H2. The molecule has 6 heteroatoms. The molecule has 4 rings (SSSR count). The van der Waals surface area contributed by atoms with Crippen molar-refractivity contribution >= 4 is 10.0 Å². The molecule has 0 bridgehead atoms. The first kappa shape index (κ1) is 17.7. The maximum atomic E-state index is 13.0. The number of piperazine rings is 1. The Hall–Kier alpha value is -1.73. The number of benzene rings is 2. The number of rotatable bonds is 4. The Morgan fingerprint density at radius 1 is 0.885 bits per heavy atom. The SMILES string of the molecule is O=S(=O)(c1ccc(CN2CCNCC2)cc1)N1CCc2ccccc2C1. The van der Waals surface area contributed by atoms with Gasteiger partial charge in [-0.15, -0.1) is 0 Å². The minimum Gasteiger partial charge on any atom is -0.314 e. The van der Waals surface area contributed by atoms with Crippen LogP contribution in [0.15, 0.2) is 53.4 Å². The summed E-state index contributed by atoms with van der Waals surface area (Å²) in [5, 5.41) is 3.35. The van der Waals surface area contributed by atoms with Crippen LogP contribution in [0.2, 0.25) is 0 Å². The third kappa shape index (κ3) is 3.69. The van der Waals surface area contributed by atoms with E-state index in [4.69, 9.17) is 0 Å². The Morgan fingerprint density at radius 3 is 2.31 bits per heavy atom. The van der Waals surface area contributed by atoms with Crippen molar-refractivity contribution in [1.82, 2.24) is 14.5 Å². The highest BCUT2D eigenvalue weighted by Crippen LogP contribution is 2.25. The highest BCUT2D eigenvalue weighted by Gasteiger charge is 2.28. The van der Waals surface area contributed by atoms with Crippen molar-refractivity contribution in [3.05, 3.63) is 65.2 Å². The van der Waals surface area contributed by atoms with Gasteiger partial charge in [0, 0.05) is 45.8 Å². The third-order valence-electron chi connectivity index (χ3n) is 5.27. The van der Waals surface area contributed by atoms with Crippen LogP contribution < -0.4 is 5.32 Å². The second-order valence-electron chi connectivity index (χ2n) is 7.03. The zero-order chi connectivity index (χ0) is 18.0. The van der Waals surface area contributed by atoms with Crippen LogP contribution in [0.3, 0.4) is 0 Å². The zero-order valence-electron chi connectivity index (χ0n) is 14.9. The maximum Gasteiger partial charge on any atom is 0.243 e. The molecular weight excluding hydrogens is 346 g/mol. The molecule has 1 N–H and O–H groups in total. The molecule has 2 aliphatic rings. The number of nitrogens with one attached hydrogen (secondary N) is 1. The fraction of sp³-hybridized carbons (Fsp3) is 0.400. The normalized spacial score (nSPS) is 19.2. The first-order valence-corrected chi connectivity index (χ1v) is 10.7. The van der Waals surface area contributed by atoms with Crippen LogP contribution in [-0.2, 0) is 29.5 Å². The van der Waals surface area contributed by atoms with Crippen LogP contribution in [-0.4, -0.2) is 50.3 Å². The van der Waals surface area contributed by atoms with E-state index in [0.717, 1.165) is 50.3 Å². The average molecular weight is 372 g/mol. The highest BCUT2D eigenvalue weighted by atomic mass is 32.2. The van der Waals surface area contributed by atoms with Gasteiger partial charge in [0.25, 0.3) is 0 Å². The Labute approximate surface area is 155 Å². The van der Waals surface area contributed by atoms with Crippen molar-refractivity contribution in [3.63, 3.8) is 0 Å². The molecule has 0 unspecified atom stereocenters. The van der Waals surface area contributed by atoms with Crippen molar-refractivity contribution in [1.29, 1.82) is 0 Å². The number of sulfonamides is 1. The van der Waals surface area contributed by atoms with E-state index in [1.165, 1.54) is 5.56 Å². The topological polar surface area (TPSA) is 52.7 Å². The van der Waals surface area contributed by atoms with E-state index in [1.54, 1.807) is 16.4 Å². The van der Waals surface area contributed by atoms with Crippen LogP contribution in [0.1, 0.15) is 16.7 Å². The molecule has 0 aliphatic carbocycles. The van der Waals surface area contributed by atoms with Gasteiger partial charge in [0.15, 0.2) is 0 Å². The summed E-state index contributed by atoms with van der Waals surface area (Å²) in [6.45, 7) is 5.98. The van der Waals surface area contributed by atoms with Crippen LogP contribution in [0.25, 0.3) is 0 Å². The molecular formula is C20H25N3O2S. The summed E-state index contributed by atoms with van der Waals surface area (Å²) in [4.78, 5) is 2.78. The van der Waals surface area contributed by atoms with Crippen molar-refractivity contribution < 1.29 is 8.42 Å². The van der Waals surface area contributed by atoms with Gasteiger partial charge >= 0.3 is 0 Å². The summed E-state index contributed by atoms with van der Waals surface area (Å²) in [7, 11) is -3.44. The Balaban J connectivity index is 1.48. The molecule has 2 aromatic carbocycles. The predicted molar refractivity (Wildman–Crippen MR) is 102 cm³/mol. The highest BCUT2D eigenvalue weighted by molar-refractivity contribution is 7.89. The monoisotopic (exact) mass is 371 g/mol. The molecule has 2 aliphatic heterocycles. The molecule has 0 radical (unpaired) electrons. The van der Waals surface area contributed by atoms with E-state index in [-0.39, 0.29) is 0 Å². The maximum absolute atomic E-state index is 13.0. The zero-order valence-corrected chi connectivity index (χ0v) is 15.7. The summed E-state index contributed by atoms with van der Waals surface area (Å²) < 4.78 is 27.6. The quantitative estimate of drug-likeness (QED) is 0.891. The molecule has 1 saturated heterocycles. The van der Waals surface area contributed by atoms with E-state index >= 15 is 0 Å². The van der Waals surface area contributed by atoms with E-state index in [0.29, 0.717) is 18.0 Å². The number of fused-ring (bicyclic) bond motifs is 1. The van der Waals surface area contributed by atoms with Gasteiger partial charge < -0.3 is 5.32 Å². The summed E-state index contributed by atoms with van der Waals surface area (Å²) in [5.41, 5.74) is 3.53. The predicted octanol–water partition coefficient (Wildman–Crippen LogP) is 1.84. The van der Waals surface area contributed by atoms with E-state index in [1.807, 2.05) is 30.3 Å². The number of hydrogen-bond acceptors (Lipinski definition) is 4. The molecule has 5 nitrogen and oxygen atoms in total. The molecule has 138 valence electrons. The molecule has 0 spiro atoms. The van der Waals surface area contributed by atoms with Gasteiger partial charge in [0.2, 0.25) is 10.0 Å². The summed E-state index contributed by atoms with van der Waals surface area (Å²) in [5.74, 6) is 0. The third-order valence-corrected chi connectivity index (χ3v) is 7.13. The summed E-state index contributed by atoms with van der Waals surface area (Å²) in [6.07, 6.45) is 0.774. The van der Waals surface area contributed by atoms with Gasteiger partial charge in [-0.3, -0.25) is 4.90 Å². The summed E-state index contributed by atoms with van der Waals surface area (Å²) >= 11 is 0. The van der Waals surface area contributed by atoms with Crippen LogP contribution in [0.4, 0.5) is 0 Å². The minimum atomic E-state index is -3.44. The fourth-order valence-electron chi connectivity index (χ4n) is 3.72. The van der Waals surface area contributed by atoms with Gasteiger partial charge in [-0.05, 0) is 35.2 Å². The Kier molecular flexibility index (Phi) is 5.09. The molecule has 2 heterocycles.